The zero-order valence-electron chi connectivity index (χ0n) is 10.9. The number of pyridine rings is 1. The van der Waals surface area contributed by atoms with Gasteiger partial charge in [0.05, 0.1) is 0 Å². The lowest BCUT2D eigenvalue weighted by Crippen LogP contribution is -2.29. The molecule has 1 unspecified atom stereocenters. The number of aromatic nitrogens is 1. The summed E-state index contributed by atoms with van der Waals surface area (Å²) in [4.78, 5) is 15.5. The van der Waals surface area contributed by atoms with Crippen LogP contribution in [0.3, 0.4) is 0 Å². The molecule has 0 aliphatic carbocycles. The molecule has 112 valence electrons. The summed E-state index contributed by atoms with van der Waals surface area (Å²) in [5, 5.41) is 2.55. The summed E-state index contributed by atoms with van der Waals surface area (Å²) in [6, 6.07) is 2.71. The third kappa shape index (κ3) is 5.87. The highest BCUT2D eigenvalue weighted by atomic mass is 19.4. The highest BCUT2D eigenvalue weighted by Crippen LogP contribution is 2.19. The molecule has 5 nitrogen and oxygen atoms in total. The molecule has 8 heteroatoms. The normalized spacial score (nSPS) is 12.8. The summed E-state index contributed by atoms with van der Waals surface area (Å²) in [6.07, 6.45) is -2.67. The number of alkyl halides is 3. The summed E-state index contributed by atoms with van der Waals surface area (Å²) in [6.45, 7) is 0.613. The van der Waals surface area contributed by atoms with E-state index >= 15 is 0 Å². The Balaban J connectivity index is 2.67. The highest BCUT2D eigenvalue weighted by molar-refractivity contribution is 5.96. The number of amides is 1. The van der Waals surface area contributed by atoms with Crippen LogP contribution in [0, 0.1) is 0 Å². The van der Waals surface area contributed by atoms with Gasteiger partial charge < -0.3 is 15.8 Å². The van der Waals surface area contributed by atoms with Gasteiger partial charge in [-0.2, -0.15) is 13.2 Å². The number of carbonyl (C=O) groups is 1. The van der Waals surface area contributed by atoms with Crippen molar-refractivity contribution in [1.29, 1.82) is 0 Å². The van der Waals surface area contributed by atoms with Crippen molar-refractivity contribution in [1.82, 2.24) is 10.3 Å². The van der Waals surface area contributed by atoms with Gasteiger partial charge >= 0.3 is 6.18 Å². The van der Waals surface area contributed by atoms with Crippen LogP contribution in [0.15, 0.2) is 18.3 Å². The van der Waals surface area contributed by atoms with Gasteiger partial charge in [0.25, 0.3) is 5.91 Å². The van der Waals surface area contributed by atoms with Gasteiger partial charge in [0.2, 0.25) is 5.88 Å². The molecule has 0 bridgehead atoms. The summed E-state index contributed by atoms with van der Waals surface area (Å²) in [5.74, 6) is -0.890. The molecule has 3 N–H and O–H groups in total. The van der Waals surface area contributed by atoms with E-state index in [2.05, 4.69) is 15.0 Å². The third-order valence-electron chi connectivity index (χ3n) is 2.27. The van der Waals surface area contributed by atoms with E-state index in [0.717, 1.165) is 0 Å². The first-order chi connectivity index (χ1) is 9.29. The van der Waals surface area contributed by atoms with Crippen LogP contribution in [0.1, 0.15) is 23.7 Å². The largest absolute Gasteiger partial charge is 0.467 e. The number of nitrogens with zero attached hydrogens (tertiary/aromatic N) is 1. The molecule has 0 saturated heterocycles. The van der Waals surface area contributed by atoms with Crippen LogP contribution < -0.4 is 15.8 Å². The molecule has 0 saturated carbocycles. The maximum Gasteiger partial charge on any atom is 0.422 e. The summed E-state index contributed by atoms with van der Waals surface area (Å²) in [5.41, 5.74) is 5.49. The molecular formula is C12H16F3N3O2. The van der Waals surface area contributed by atoms with E-state index in [4.69, 9.17) is 5.73 Å². The van der Waals surface area contributed by atoms with E-state index in [1.807, 2.05) is 0 Å². The van der Waals surface area contributed by atoms with Gasteiger partial charge in [0.15, 0.2) is 6.61 Å². The van der Waals surface area contributed by atoms with Crippen molar-refractivity contribution in [2.75, 3.05) is 13.2 Å². The maximum atomic E-state index is 12.1. The van der Waals surface area contributed by atoms with Crippen molar-refractivity contribution in [2.24, 2.45) is 5.73 Å². The molecule has 0 fully saturated rings. The highest BCUT2D eigenvalue weighted by Gasteiger charge is 2.29. The Hall–Kier alpha value is -1.83. The minimum atomic E-state index is -4.49. The van der Waals surface area contributed by atoms with Gasteiger partial charge in [-0.15, -0.1) is 0 Å². The van der Waals surface area contributed by atoms with Crippen LogP contribution in [0.25, 0.3) is 0 Å². The average molecular weight is 291 g/mol. The van der Waals surface area contributed by atoms with Crippen LogP contribution >= 0.6 is 0 Å². The first-order valence-electron chi connectivity index (χ1n) is 5.98. The lowest BCUT2D eigenvalue weighted by Gasteiger charge is -2.12. The van der Waals surface area contributed by atoms with Gasteiger partial charge in [-0.1, -0.05) is 0 Å². The van der Waals surface area contributed by atoms with Crippen LogP contribution in [-0.4, -0.2) is 36.3 Å². The van der Waals surface area contributed by atoms with Crippen LogP contribution in [0.5, 0.6) is 5.88 Å². The molecule has 1 atom stereocenters. The molecular weight excluding hydrogens is 275 g/mol. The van der Waals surface area contributed by atoms with E-state index in [9.17, 15) is 18.0 Å². The Morgan fingerprint density at radius 2 is 2.25 bits per heavy atom. The van der Waals surface area contributed by atoms with Crippen LogP contribution in [-0.2, 0) is 0 Å². The van der Waals surface area contributed by atoms with Crippen molar-refractivity contribution < 1.29 is 22.7 Å². The first kappa shape index (κ1) is 16.2. The average Bonchev–Trinajstić information content (AvgIpc) is 2.35. The van der Waals surface area contributed by atoms with E-state index in [-0.39, 0.29) is 17.5 Å². The van der Waals surface area contributed by atoms with Crippen molar-refractivity contribution in [3.63, 3.8) is 0 Å². The maximum absolute atomic E-state index is 12.1. The third-order valence-corrected chi connectivity index (χ3v) is 2.27. The fraction of sp³-hybridized carbons (Fsp3) is 0.500. The monoisotopic (exact) mass is 291 g/mol. The number of nitrogens with two attached hydrogens (primary N) is 1. The number of halogens is 3. The quantitative estimate of drug-likeness (QED) is 0.832. The smallest absolute Gasteiger partial charge is 0.422 e. The summed E-state index contributed by atoms with van der Waals surface area (Å²) >= 11 is 0. The molecule has 1 aromatic rings. The Labute approximate surface area is 114 Å². The molecule has 0 aromatic carbocycles. The second-order valence-electron chi connectivity index (χ2n) is 4.28. The number of hydrogen-bond acceptors (Lipinski definition) is 4. The topological polar surface area (TPSA) is 77.2 Å². The van der Waals surface area contributed by atoms with E-state index in [1.165, 1.54) is 18.3 Å². The Morgan fingerprint density at radius 3 is 2.85 bits per heavy atom. The Morgan fingerprint density at radius 1 is 1.55 bits per heavy atom. The van der Waals surface area contributed by atoms with Crippen molar-refractivity contribution >= 4 is 5.91 Å². The van der Waals surface area contributed by atoms with Gasteiger partial charge in [-0.3, -0.25) is 4.79 Å². The minimum absolute atomic E-state index is 0.0403. The van der Waals surface area contributed by atoms with Gasteiger partial charge in [-0.25, -0.2) is 4.98 Å². The Bertz CT molecular complexity index is 450. The van der Waals surface area contributed by atoms with Crippen LogP contribution in [0.4, 0.5) is 13.2 Å². The number of nitrogens with one attached hydrogen (secondary N) is 1. The molecule has 20 heavy (non-hydrogen) atoms. The predicted octanol–water partition coefficient (Wildman–Crippen LogP) is 1.49. The number of ether oxygens (including phenoxy) is 1. The first-order valence-corrected chi connectivity index (χ1v) is 5.98. The fourth-order valence-electron chi connectivity index (χ4n) is 1.34. The molecule has 0 radical (unpaired) electrons. The van der Waals surface area contributed by atoms with Gasteiger partial charge in [-0.05, 0) is 25.5 Å². The van der Waals surface area contributed by atoms with Crippen molar-refractivity contribution in [3.8, 4) is 5.88 Å². The second-order valence-corrected chi connectivity index (χ2v) is 4.28. The van der Waals surface area contributed by atoms with Crippen molar-refractivity contribution in [2.45, 2.75) is 25.6 Å². The van der Waals surface area contributed by atoms with Crippen molar-refractivity contribution in [3.05, 3.63) is 23.9 Å². The number of hydrogen-bond donors (Lipinski definition) is 2. The number of carbonyl (C=O) groups excluding carboxylic acids is 1. The summed E-state index contributed by atoms with van der Waals surface area (Å²) in [7, 11) is 0. The van der Waals surface area contributed by atoms with Crippen LogP contribution in [0.2, 0.25) is 0 Å². The predicted molar refractivity (Wildman–Crippen MR) is 66.4 cm³/mol. The Kier molecular flexibility index (Phi) is 5.75. The SMILES string of the molecule is CC(N)CCNC(=O)c1cccnc1OCC(F)(F)F. The number of rotatable bonds is 6. The zero-order chi connectivity index (χ0) is 15.2. The molecule has 1 rings (SSSR count). The van der Waals surface area contributed by atoms with E-state index in [0.29, 0.717) is 13.0 Å². The lowest BCUT2D eigenvalue weighted by molar-refractivity contribution is -0.154. The zero-order valence-corrected chi connectivity index (χ0v) is 10.9. The molecule has 0 aliphatic heterocycles. The standard InChI is InChI=1S/C12H16F3N3O2/c1-8(16)4-6-17-10(19)9-3-2-5-18-11(9)20-7-12(13,14)15/h2-3,5,8H,4,6-7,16H2,1H3,(H,17,19). The molecule has 1 aromatic heterocycles. The minimum Gasteiger partial charge on any atom is -0.467 e. The van der Waals surface area contributed by atoms with Gasteiger partial charge in [0.1, 0.15) is 5.56 Å². The van der Waals surface area contributed by atoms with E-state index in [1.54, 1.807) is 6.92 Å². The second kappa shape index (κ2) is 7.09. The lowest BCUT2D eigenvalue weighted by atomic mass is 10.2. The molecule has 1 amide bonds. The van der Waals surface area contributed by atoms with Gasteiger partial charge in [0, 0.05) is 18.8 Å². The van der Waals surface area contributed by atoms with E-state index < -0.39 is 18.7 Å². The summed E-state index contributed by atoms with van der Waals surface area (Å²) < 4.78 is 40.8. The fourth-order valence-corrected chi connectivity index (χ4v) is 1.34. The molecule has 0 aliphatic rings. The molecule has 1 heterocycles. The molecule has 0 spiro atoms.